The predicted octanol–water partition coefficient (Wildman–Crippen LogP) is 3.83. The second-order valence-corrected chi connectivity index (χ2v) is 8.63. The fourth-order valence-electron chi connectivity index (χ4n) is 4.26. The van der Waals surface area contributed by atoms with E-state index in [0.717, 1.165) is 24.3 Å². The number of morpholine rings is 1. The van der Waals surface area contributed by atoms with Crippen molar-refractivity contribution in [3.05, 3.63) is 63.7 Å². The molecule has 5 nitrogen and oxygen atoms in total. The molecule has 1 saturated heterocycles. The van der Waals surface area contributed by atoms with Crippen molar-refractivity contribution < 1.29 is 9.53 Å². The zero-order valence-electron chi connectivity index (χ0n) is 16.4. The summed E-state index contributed by atoms with van der Waals surface area (Å²) in [5.41, 5.74) is 5.76. The van der Waals surface area contributed by atoms with Crippen molar-refractivity contribution in [1.82, 2.24) is 10.2 Å². The van der Waals surface area contributed by atoms with Crippen molar-refractivity contribution in [2.24, 2.45) is 0 Å². The summed E-state index contributed by atoms with van der Waals surface area (Å²) in [6, 6.07) is 12.0. The first kappa shape index (κ1) is 18.9. The smallest absolute Gasteiger partial charge is 0.249 e. The zero-order valence-corrected chi connectivity index (χ0v) is 17.2. The van der Waals surface area contributed by atoms with Crippen LogP contribution in [-0.4, -0.2) is 37.1 Å². The van der Waals surface area contributed by atoms with Crippen molar-refractivity contribution in [1.29, 1.82) is 0 Å². The van der Waals surface area contributed by atoms with Gasteiger partial charge in [0.1, 0.15) is 6.04 Å². The lowest BCUT2D eigenvalue weighted by Crippen LogP contribution is -2.44. The van der Waals surface area contributed by atoms with Gasteiger partial charge in [0.2, 0.25) is 5.91 Å². The van der Waals surface area contributed by atoms with E-state index in [9.17, 15) is 4.79 Å². The van der Waals surface area contributed by atoms with Gasteiger partial charge in [0, 0.05) is 36.9 Å². The topological polar surface area (TPSA) is 53.6 Å². The molecule has 0 unspecified atom stereocenters. The molecule has 2 heterocycles. The minimum Gasteiger partial charge on any atom is -0.378 e. The molecule has 0 radical (unpaired) electrons. The number of anilines is 1. The van der Waals surface area contributed by atoms with E-state index in [1.807, 2.05) is 17.0 Å². The van der Waals surface area contributed by atoms with Crippen LogP contribution in [0.15, 0.2) is 36.4 Å². The SMILES string of the molecule is O=C([C@H](Nc1ccc2c(c1)CNC2)c1cc(Cl)cc(C2CC2)c1)N1CCOCC1. The number of benzene rings is 2. The van der Waals surface area contributed by atoms with Crippen LogP contribution in [0.3, 0.4) is 0 Å². The van der Waals surface area contributed by atoms with Crippen LogP contribution in [-0.2, 0) is 22.6 Å². The molecule has 0 aromatic heterocycles. The summed E-state index contributed by atoms with van der Waals surface area (Å²) in [5, 5.41) is 7.59. The first-order valence-corrected chi connectivity index (χ1v) is 10.8. The number of amides is 1. The molecule has 2 aromatic rings. The van der Waals surface area contributed by atoms with Crippen molar-refractivity contribution in [3.63, 3.8) is 0 Å². The second-order valence-electron chi connectivity index (χ2n) is 8.19. The van der Waals surface area contributed by atoms with Gasteiger partial charge in [-0.2, -0.15) is 0 Å². The molecule has 1 amide bonds. The average Bonchev–Trinajstić information content (AvgIpc) is 3.49. The molecule has 2 aromatic carbocycles. The molecule has 2 fully saturated rings. The van der Waals surface area contributed by atoms with E-state index in [2.05, 4.69) is 34.9 Å². The minimum absolute atomic E-state index is 0.0796. The van der Waals surface area contributed by atoms with Gasteiger partial charge in [-0.25, -0.2) is 0 Å². The molecule has 0 spiro atoms. The van der Waals surface area contributed by atoms with Gasteiger partial charge in [-0.05, 0) is 65.3 Å². The van der Waals surface area contributed by atoms with Gasteiger partial charge in [-0.3, -0.25) is 4.79 Å². The Morgan fingerprint density at radius 3 is 2.69 bits per heavy atom. The number of carbonyl (C=O) groups is 1. The largest absolute Gasteiger partial charge is 0.378 e. The number of ether oxygens (including phenoxy) is 1. The van der Waals surface area contributed by atoms with E-state index >= 15 is 0 Å². The fourth-order valence-corrected chi connectivity index (χ4v) is 4.51. The van der Waals surface area contributed by atoms with Crippen molar-refractivity contribution >= 4 is 23.2 Å². The number of nitrogens with one attached hydrogen (secondary N) is 2. The molecule has 29 heavy (non-hydrogen) atoms. The minimum atomic E-state index is -0.461. The zero-order chi connectivity index (χ0) is 19.8. The van der Waals surface area contributed by atoms with Gasteiger partial charge in [0.25, 0.3) is 0 Å². The number of fused-ring (bicyclic) bond motifs is 1. The van der Waals surface area contributed by atoms with Gasteiger partial charge < -0.3 is 20.3 Å². The Bertz CT molecular complexity index is 922. The van der Waals surface area contributed by atoms with Gasteiger partial charge in [-0.15, -0.1) is 0 Å². The third kappa shape index (κ3) is 4.13. The highest BCUT2D eigenvalue weighted by molar-refractivity contribution is 6.30. The lowest BCUT2D eigenvalue weighted by Gasteiger charge is -2.31. The van der Waals surface area contributed by atoms with Crippen LogP contribution >= 0.6 is 11.6 Å². The molecule has 1 saturated carbocycles. The van der Waals surface area contributed by atoms with Crippen LogP contribution < -0.4 is 10.6 Å². The molecule has 1 atom stereocenters. The molecule has 0 bridgehead atoms. The normalized spacial score (nSPS) is 19.7. The lowest BCUT2D eigenvalue weighted by molar-refractivity contribution is -0.136. The Hall–Kier alpha value is -2.08. The maximum atomic E-state index is 13.5. The monoisotopic (exact) mass is 411 g/mol. The summed E-state index contributed by atoms with van der Waals surface area (Å²) in [6.07, 6.45) is 2.40. The maximum Gasteiger partial charge on any atom is 0.249 e. The van der Waals surface area contributed by atoms with E-state index in [4.69, 9.17) is 16.3 Å². The van der Waals surface area contributed by atoms with E-state index < -0.39 is 6.04 Å². The number of carbonyl (C=O) groups excluding carboxylic acids is 1. The fraction of sp³-hybridized carbons (Fsp3) is 0.435. The van der Waals surface area contributed by atoms with E-state index in [0.29, 0.717) is 37.2 Å². The van der Waals surface area contributed by atoms with Gasteiger partial charge in [-0.1, -0.05) is 23.7 Å². The molecular formula is C23H26ClN3O2. The summed E-state index contributed by atoms with van der Waals surface area (Å²) < 4.78 is 5.44. The van der Waals surface area contributed by atoms with Crippen LogP contribution in [0.5, 0.6) is 0 Å². The highest BCUT2D eigenvalue weighted by Crippen LogP contribution is 2.42. The Morgan fingerprint density at radius 1 is 1.10 bits per heavy atom. The van der Waals surface area contributed by atoms with Crippen LogP contribution in [0.1, 0.15) is 47.1 Å². The summed E-state index contributed by atoms with van der Waals surface area (Å²) in [5.74, 6) is 0.661. The average molecular weight is 412 g/mol. The third-order valence-corrected chi connectivity index (χ3v) is 6.26. The molecule has 2 N–H and O–H groups in total. The highest BCUT2D eigenvalue weighted by atomic mass is 35.5. The Morgan fingerprint density at radius 2 is 1.90 bits per heavy atom. The Kier molecular flexibility index (Phi) is 5.20. The van der Waals surface area contributed by atoms with Crippen molar-refractivity contribution in [2.75, 3.05) is 31.6 Å². The first-order valence-electron chi connectivity index (χ1n) is 10.4. The second kappa shape index (κ2) is 7.98. The predicted molar refractivity (Wildman–Crippen MR) is 114 cm³/mol. The Labute approximate surface area is 176 Å². The standard InChI is InChI=1S/C23H26ClN3O2/c24-20-10-17(15-1-2-15)9-18(11-20)22(23(28)27-5-7-29-8-6-27)26-21-4-3-16-13-25-14-19(16)12-21/h3-4,9-12,15,22,25-26H,1-2,5-8,13-14H2/t22-/m1/s1. The van der Waals surface area contributed by atoms with Crippen molar-refractivity contribution in [3.8, 4) is 0 Å². The van der Waals surface area contributed by atoms with Crippen LogP contribution in [0, 0.1) is 0 Å². The van der Waals surface area contributed by atoms with E-state index in [1.165, 1.54) is 29.5 Å². The molecule has 152 valence electrons. The van der Waals surface area contributed by atoms with Crippen LogP contribution in [0.4, 0.5) is 5.69 Å². The highest BCUT2D eigenvalue weighted by Gasteiger charge is 2.30. The van der Waals surface area contributed by atoms with Gasteiger partial charge >= 0.3 is 0 Å². The molecule has 3 aliphatic rings. The lowest BCUT2D eigenvalue weighted by atomic mass is 9.99. The van der Waals surface area contributed by atoms with E-state index in [-0.39, 0.29) is 5.91 Å². The van der Waals surface area contributed by atoms with E-state index in [1.54, 1.807) is 0 Å². The quantitative estimate of drug-likeness (QED) is 0.785. The summed E-state index contributed by atoms with van der Waals surface area (Å²) in [7, 11) is 0. The maximum absolute atomic E-state index is 13.5. The summed E-state index contributed by atoms with van der Waals surface area (Å²) in [4.78, 5) is 15.4. The third-order valence-electron chi connectivity index (χ3n) is 6.04. The van der Waals surface area contributed by atoms with Crippen molar-refractivity contribution in [2.45, 2.75) is 37.9 Å². The molecule has 5 rings (SSSR count). The number of hydrogen-bond acceptors (Lipinski definition) is 4. The van der Waals surface area contributed by atoms with Crippen LogP contribution in [0.25, 0.3) is 0 Å². The molecular weight excluding hydrogens is 386 g/mol. The number of rotatable bonds is 5. The molecule has 6 heteroatoms. The number of halogens is 1. The molecule has 1 aliphatic carbocycles. The number of hydrogen-bond donors (Lipinski definition) is 2. The van der Waals surface area contributed by atoms with Gasteiger partial charge in [0.15, 0.2) is 0 Å². The van der Waals surface area contributed by atoms with Gasteiger partial charge in [0.05, 0.1) is 13.2 Å². The first-order chi connectivity index (χ1) is 14.2. The van der Waals surface area contributed by atoms with Crippen LogP contribution in [0.2, 0.25) is 5.02 Å². The summed E-state index contributed by atoms with van der Waals surface area (Å²) in [6.45, 7) is 4.21. The summed E-state index contributed by atoms with van der Waals surface area (Å²) >= 11 is 6.46. The number of nitrogens with zero attached hydrogens (tertiary/aromatic N) is 1. The molecule has 2 aliphatic heterocycles. The Balaban J connectivity index is 1.48.